The summed E-state index contributed by atoms with van der Waals surface area (Å²) in [6, 6.07) is -2.34. The molecule has 2 atom stereocenters. The molecule has 0 unspecified atom stereocenters. The van der Waals surface area contributed by atoms with Gasteiger partial charge in [0.25, 0.3) is 0 Å². The molecule has 50 heavy (non-hydrogen) atoms. The monoisotopic (exact) mass is 708 g/mol. The number of ether oxygens (including phenoxy) is 2. The third-order valence-electron chi connectivity index (χ3n) is 7.61. The van der Waals surface area contributed by atoms with Crippen LogP contribution in [0.5, 0.6) is 0 Å². The van der Waals surface area contributed by atoms with Crippen molar-refractivity contribution in [3.05, 3.63) is 24.3 Å². The molecule has 0 radical (unpaired) electrons. The van der Waals surface area contributed by atoms with Crippen molar-refractivity contribution in [1.82, 2.24) is 31.9 Å². The van der Waals surface area contributed by atoms with Crippen LogP contribution in [0.3, 0.4) is 0 Å². The molecule has 0 aliphatic carbocycles. The van der Waals surface area contributed by atoms with Gasteiger partial charge in [-0.1, -0.05) is 92.2 Å². The van der Waals surface area contributed by atoms with Crippen molar-refractivity contribution in [3.63, 3.8) is 0 Å². The Balaban J connectivity index is 3.94. The predicted molar refractivity (Wildman–Crippen MR) is 194 cm³/mol. The van der Waals surface area contributed by atoms with Gasteiger partial charge in [-0.15, -0.1) is 0 Å². The highest BCUT2D eigenvalue weighted by molar-refractivity contribution is 5.88. The van der Waals surface area contributed by atoms with Gasteiger partial charge in [0.2, 0.25) is 11.8 Å². The lowest BCUT2D eigenvalue weighted by Gasteiger charge is -2.22. The van der Waals surface area contributed by atoms with Gasteiger partial charge in [-0.05, 0) is 38.5 Å². The number of carbonyl (C=O) groups is 6. The van der Waals surface area contributed by atoms with Gasteiger partial charge in [0.1, 0.15) is 25.3 Å². The van der Waals surface area contributed by atoms with E-state index in [4.69, 9.17) is 9.47 Å². The fourth-order valence-electron chi connectivity index (χ4n) is 4.62. The summed E-state index contributed by atoms with van der Waals surface area (Å²) in [7, 11) is 0. The number of urea groups is 2. The van der Waals surface area contributed by atoms with E-state index in [2.05, 4.69) is 45.1 Å². The van der Waals surface area contributed by atoms with Crippen LogP contribution in [0.1, 0.15) is 106 Å². The van der Waals surface area contributed by atoms with Crippen LogP contribution >= 0.6 is 0 Å². The lowest BCUT2D eigenvalue weighted by atomic mass is 10.0. The zero-order valence-electron chi connectivity index (χ0n) is 31.3. The molecular formula is C36H64N6O8. The Bertz CT molecular complexity index is 1010. The number of esters is 2. The van der Waals surface area contributed by atoms with Crippen molar-refractivity contribution in [2.24, 2.45) is 11.8 Å². The Morgan fingerprint density at radius 3 is 1.06 bits per heavy atom. The van der Waals surface area contributed by atoms with E-state index in [0.717, 1.165) is 64.2 Å². The largest absolute Gasteiger partial charge is 0.460 e. The second kappa shape index (κ2) is 27.7. The smallest absolute Gasteiger partial charge is 0.333 e. The molecule has 286 valence electrons. The molecule has 0 aliphatic heterocycles. The second-order valence-corrected chi connectivity index (χ2v) is 13.2. The topological polar surface area (TPSA) is 193 Å². The zero-order valence-corrected chi connectivity index (χ0v) is 31.3. The molecule has 0 saturated carbocycles. The first-order valence-corrected chi connectivity index (χ1v) is 18.0. The van der Waals surface area contributed by atoms with Crippen molar-refractivity contribution >= 4 is 35.8 Å². The molecule has 0 aromatic carbocycles. The quantitative estimate of drug-likeness (QED) is 0.0419. The summed E-state index contributed by atoms with van der Waals surface area (Å²) in [5.74, 6) is -1.68. The van der Waals surface area contributed by atoms with E-state index in [1.54, 1.807) is 13.8 Å². The van der Waals surface area contributed by atoms with E-state index in [9.17, 15) is 28.8 Å². The summed E-state index contributed by atoms with van der Waals surface area (Å²) in [5, 5.41) is 16.4. The van der Waals surface area contributed by atoms with Gasteiger partial charge in [-0.2, -0.15) is 0 Å². The van der Waals surface area contributed by atoms with Crippen molar-refractivity contribution in [3.8, 4) is 0 Å². The van der Waals surface area contributed by atoms with Crippen LogP contribution in [0.15, 0.2) is 24.3 Å². The molecular weight excluding hydrogens is 644 g/mol. The fourth-order valence-corrected chi connectivity index (χ4v) is 4.62. The first kappa shape index (κ1) is 45.9. The molecule has 14 nitrogen and oxygen atoms in total. The van der Waals surface area contributed by atoms with Gasteiger partial charge >= 0.3 is 24.0 Å². The molecule has 0 heterocycles. The SMILES string of the molecule is C=C(C)C(=O)OCCNC(=O)N[C@H](C(=O)NCCCCCCCCCCCCNC(=O)[C@@H](NC(=O)NCCOC(=O)C(=C)C)C(C)C)C(C)C. The molecule has 0 aromatic rings. The first-order chi connectivity index (χ1) is 23.7. The molecule has 0 saturated heterocycles. The average Bonchev–Trinajstić information content (AvgIpc) is 3.05. The van der Waals surface area contributed by atoms with Gasteiger partial charge in [0.05, 0.1) is 13.1 Å². The minimum Gasteiger partial charge on any atom is -0.460 e. The van der Waals surface area contributed by atoms with Crippen molar-refractivity contribution in [2.75, 3.05) is 39.4 Å². The van der Waals surface area contributed by atoms with E-state index in [-0.39, 0.29) is 61.1 Å². The zero-order chi connectivity index (χ0) is 37.9. The first-order valence-electron chi connectivity index (χ1n) is 18.0. The summed E-state index contributed by atoms with van der Waals surface area (Å²) < 4.78 is 9.87. The van der Waals surface area contributed by atoms with Crippen molar-refractivity contribution < 1.29 is 38.2 Å². The maximum absolute atomic E-state index is 12.6. The molecule has 6 N–H and O–H groups in total. The fraction of sp³-hybridized carbons (Fsp3) is 0.722. The van der Waals surface area contributed by atoms with Crippen LogP contribution in [0.2, 0.25) is 0 Å². The molecule has 0 spiro atoms. The standard InChI is InChI=1S/C36H64N6O8/c1-25(2)29(41-35(47)39-21-23-49-33(45)27(5)6)31(43)37-19-17-15-13-11-9-10-12-14-16-18-20-38-32(44)30(26(3)4)42-36(48)40-22-24-50-34(46)28(7)8/h25-26,29-30H,5,7,9-24H2,1-4,6,8H3,(H,37,43)(H,38,44)(H2,39,41,47)(H2,40,42,48)/t29-,30-/m0/s1. The lowest BCUT2D eigenvalue weighted by Crippen LogP contribution is -2.53. The molecule has 0 aliphatic rings. The van der Waals surface area contributed by atoms with E-state index in [0.29, 0.717) is 13.1 Å². The second-order valence-electron chi connectivity index (χ2n) is 13.2. The highest BCUT2D eigenvalue weighted by Crippen LogP contribution is 2.11. The highest BCUT2D eigenvalue weighted by atomic mass is 16.5. The van der Waals surface area contributed by atoms with Gasteiger partial charge < -0.3 is 41.4 Å². The van der Waals surface area contributed by atoms with Crippen molar-refractivity contribution in [1.29, 1.82) is 0 Å². The highest BCUT2D eigenvalue weighted by Gasteiger charge is 2.25. The maximum Gasteiger partial charge on any atom is 0.333 e. The summed E-state index contributed by atoms with van der Waals surface area (Å²) in [4.78, 5) is 72.4. The molecule has 0 fully saturated rings. The van der Waals surface area contributed by atoms with Crippen LogP contribution in [0.25, 0.3) is 0 Å². The summed E-state index contributed by atoms with van der Waals surface area (Å²) in [5.41, 5.74) is 0.569. The lowest BCUT2D eigenvalue weighted by molar-refractivity contribution is -0.139. The summed E-state index contributed by atoms with van der Waals surface area (Å²) >= 11 is 0. The average molecular weight is 709 g/mol. The van der Waals surface area contributed by atoms with Crippen molar-refractivity contribution in [2.45, 2.75) is 118 Å². The minimum absolute atomic E-state index is 0.0172. The minimum atomic E-state index is -0.671. The Kier molecular flexibility index (Phi) is 25.4. The van der Waals surface area contributed by atoms with Gasteiger partial charge in [0, 0.05) is 24.2 Å². The van der Waals surface area contributed by atoms with E-state index >= 15 is 0 Å². The Morgan fingerprint density at radius 1 is 0.480 bits per heavy atom. The molecule has 0 aromatic heterocycles. The summed E-state index contributed by atoms with van der Waals surface area (Å²) in [6.07, 6.45) is 10.5. The van der Waals surface area contributed by atoms with Crippen LogP contribution in [0.4, 0.5) is 9.59 Å². The number of hydrogen-bond acceptors (Lipinski definition) is 8. The van der Waals surface area contributed by atoms with E-state index in [1.165, 1.54) is 0 Å². The van der Waals surface area contributed by atoms with E-state index in [1.807, 2.05) is 27.7 Å². The molecule has 14 heteroatoms. The number of rotatable bonds is 27. The van der Waals surface area contributed by atoms with Gasteiger partial charge in [-0.25, -0.2) is 19.2 Å². The van der Waals surface area contributed by atoms with Crippen LogP contribution in [0, 0.1) is 11.8 Å². The third kappa shape index (κ3) is 23.3. The Hall–Kier alpha value is -4.10. The van der Waals surface area contributed by atoms with Gasteiger partial charge in [0.15, 0.2) is 0 Å². The Labute approximate surface area is 299 Å². The summed E-state index contributed by atoms with van der Waals surface area (Å²) in [6.45, 7) is 18.9. The third-order valence-corrected chi connectivity index (χ3v) is 7.61. The Morgan fingerprint density at radius 2 is 0.780 bits per heavy atom. The number of unbranched alkanes of at least 4 members (excludes halogenated alkanes) is 9. The van der Waals surface area contributed by atoms with Crippen LogP contribution in [-0.2, 0) is 28.7 Å². The normalized spacial score (nSPS) is 11.9. The number of amides is 6. The molecule has 0 rings (SSSR count). The number of nitrogens with one attached hydrogen (secondary N) is 6. The number of carbonyl (C=O) groups excluding carboxylic acids is 6. The molecule has 6 amide bonds. The number of hydrogen-bond donors (Lipinski definition) is 6. The predicted octanol–water partition coefficient (Wildman–Crippen LogP) is 4.01. The van der Waals surface area contributed by atoms with Crippen LogP contribution < -0.4 is 31.9 Å². The maximum atomic E-state index is 12.6. The van der Waals surface area contributed by atoms with E-state index < -0.39 is 36.1 Å². The van der Waals surface area contributed by atoms with Gasteiger partial charge in [-0.3, -0.25) is 9.59 Å². The van der Waals surface area contributed by atoms with Crippen LogP contribution in [-0.4, -0.2) is 87.3 Å². The molecule has 0 bridgehead atoms.